The highest BCUT2D eigenvalue weighted by Crippen LogP contribution is 2.27. The maximum Gasteiger partial charge on any atom is 0.0439 e. The predicted molar refractivity (Wildman–Crippen MR) is 82.7 cm³/mol. The van der Waals surface area contributed by atoms with Crippen LogP contribution in [0, 0.1) is 5.92 Å². The fourth-order valence-corrected chi connectivity index (χ4v) is 2.57. The topological polar surface area (TPSA) is 26.0 Å². The summed E-state index contributed by atoms with van der Waals surface area (Å²) in [5, 5.41) is 1.45. The van der Waals surface area contributed by atoms with Crippen LogP contribution in [0.2, 0.25) is 10.0 Å². The number of nitrogens with two attached hydrogens (primary N) is 1. The van der Waals surface area contributed by atoms with Gasteiger partial charge in [0.1, 0.15) is 0 Å². The van der Waals surface area contributed by atoms with E-state index in [2.05, 4.69) is 19.1 Å². The second-order valence-electron chi connectivity index (χ2n) is 4.85. The maximum absolute atomic E-state index is 6.30. The minimum absolute atomic E-state index is 0.00347. The van der Waals surface area contributed by atoms with Gasteiger partial charge in [-0.15, -0.1) is 0 Å². The number of halogens is 2. The highest BCUT2D eigenvalue weighted by Gasteiger charge is 2.16. The molecule has 1 nitrogen and oxygen atoms in total. The van der Waals surface area contributed by atoms with Crippen molar-refractivity contribution in [3.05, 3.63) is 69.7 Å². The van der Waals surface area contributed by atoms with Crippen molar-refractivity contribution in [1.82, 2.24) is 0 Å². The van der Waals surface area contributed by atoms with E-state index < -0.39 is 0 Å². The molecule has 2 aromatic rings. The summed E-state index contributed by atoms with van der Waals surface area (Å²) in [6, 6.07) is 15.7. The maximum atomic E-state index is 6.30. The van der Waals surface area contributed by atoms with Crippen molar-refractivity contribution in [2.45, 2.75) is 19.4 Å². The third kappa shape index (κ3) is 3.73. The Morgan fingerprint density at radius 2 is 1.74 bits per heavy atom. The normalized spacial score (nSPS) is 14.1. The van der Waals surface area contributed by atoms with Gasteiger partial charge in [0.05, 0.1) is 0 Å². The Morgan fingerprint density at radius 3 is 2.42 bits per heavy atom. The van der Waals surface area contributed by atoms with Crippen molar-refractivity contribution < 1.29 is 0 Å². The third-order valence-corrected chi connectivity index (χ3v) is 3.95. The molecule has 2 rings (SSSR count). The van der Waals surface area contributed by atoms with Gasteiger partial charge in [0, 0.05) is 16.1 Å². The van der Waals surface area contributed by atoms with Crippen LogP contribution < -0.4 is 5.73 Å². The molecule has 0 aromatic heterocycles. The van der Waals surface area contributed by atoms with E-state index in [0.29, 0.717) is 10.9 Å². The standard InChI is InChI=1S/C16H17Cl2N/c1-11(16(19)12-5-3-2-4-6-12)9-13-10-14(17)7-8-15(13)18/h2-8,10-11,16H,9,19H2,1H3. The van der Waals surface area contributed by atoms with E-state index >= 15 is 0 Å². The van der Waals surface area contributed by atoms with Gasteiger partial charge in [-0.3, -0.25) is 0 Å². The summed E-state index contributed by atoms with van der Waals surface area (Å²) in [6.07, 6.45) is 0.815. The molecule has 0 radical (unpaired) electrons. The molecule has 0 saturated carbocycles. The first kappa shape index (κ1) is 14.4. The van der Waals surface area contributed by atoms with Crippen molar-refractivity contribution in [1.29, 1.82) is 0 Å². The van der Waals surface area contributed by atoms with Gasteiger partial charge in [0.2, 0.25) is 0 Å². The number of hydrogen-bond donors (Lipinski definition) is 1. The second-order valence-corrected chi connectivity index (χ2v) is 5.70. The predicted octanol–water partition coefficient (Wildman–Crippen LogP) is 4.87. The van der Waals surface area contributed by atoms with Crippen LogP contribution in [0.4, 0.5) is 0 Å². The Balaban J connectivity index is 2.12. The first-order valence-corrected chi connectivity index (χ1v) is 7.08. The summed E-state index contributed by atoms with van der Waals surface area (Å²) in [4.78, 5) is 0. The van der Waals surface area contributed by atoms with Crippen LogP contribution in [0.3, 0.4) is 0 Å². The number of benzene rings is 2. The summed E-state index contributed by atoms with van der Waals surface area (Å²) < 4.78 is 0. The van der Waals surface area contributed by atoms with Gasteiger partial charge in [-0.05, 0) is 41.7 Å². The average Bonchev–Trinajstić information content (AvgIpc) is 2.43. The molecule has 0 aliphatic heterocycles. The molecule has 0 fully saturated rings. The molecule has 0 saturated heterocycles. The summed E-state index contributed by atoms with van der Waals surface area (Å²) in [5.41, 5.74) is 8.49. The van der Waals surface area contributed by atoms with Crippen LogP contribution >= 0.6 is 23.2 Å². The SMILES string of the molecule is CC(Cc1cc(Cl)ccc1Cl)C(N)c1ccccc1. The lowest BCUT2D eigenvalue weighted by Gasteiger charge is -2.21. The lowest BCUT2D eigenvalue weighted by Crippen LogP contribution is -2.21. The van der Waals surface area contributed by atoms with E-state index in [9.17, 15) is 0 Å². The Bertz CT molecular complexity index is 540. The lowest BCUT2D eigenvalue weighted by molar-refractivity contribution is 0.468. The molecule has 0 bridgehead atoms. The fourth-order valence-electron chi connectivity index (χ4n) is 2.18. The van der Waals surface area contributed by atoms with E-state index in [1.165, 1.54) is 0 Å². The van der Waals surface area contributed by atoms with Gasteiger partial charge < -0.3 is 5.73 Å². The van der Waals surface area contributed by atoms with Crippen LogP contribution in [0.15, 0.2) is 48.5 Å². The van der Waals surface area contributed by atoms with Gasteiger partial charge in [-0.1, -0.05) is 60.5 Å². The summed E-state index contributed by atoms with van der Waals surface area (Å²) in [7, 11) is 0. The monoisotopic (exact) mass is 293 g/mol. The Morgan fingerprint density at radius 1 is 1.05 bits per heavy atom. The Hall–Kier alpha value is -1.02. The van der Waals surface area contributed by atoms with Gasteiger partial charge in [-0.2, -0.15) is 0 Å². The summed E-state index contributed by atoms with van der Waals surface area (Å²) in [6.45, 7) is 2.13. The minimum Gasteiger partial charge on any atom is -0.324 e. The quantitative estimate of drug-likeness (QED) is 0.855. The molecule has 3 heteroatoms. The summed E-state index contributed by atoms with van der Waals surface area (Å²) >= 11 is 12.2. The van der Waals surface area contributed by atoms with Gasteiger partial charge in [-0.25, -0.2) is 0 Å². The van der Waals surface area contributed by atoms with Crippen molar-refractivity contribution in [3.63, 3.8) is 0 Å². The average molecular weight is 294 g/mol. The van der Waals surface area contributed by atoms with E-state index in [4.69, 9.17) is 28.9 Å². The van der Waals surface area contributed by atoms with Crippen molar-refractivity contribution in [2.24, 2.45) is 11.7 Å². The number of rotatable bonds is 4. The highest BCUT2D eigenvalue weighted by atomic mass is 35.5. The molecule has 0 aliphatic rings. The smallest absolute Gasteiger partial charge is 0.0439 e. The zero-order chi connectivity index (χ0) is 13.8. The van der Waals surface area contributed by atoms with Gasteiger partial charge in [0.25, 0.3) is 0 Å². The molecule has 2 atom stereocenters. The van der Waals surface area contributed by atoms with Crippen LogP contribution in [-0.2, 0) is 6.42 Å². The number of hydrogen-bond acceptors (Lipinski definition) is 1. The first-order chi connectivity index (χ1) is 9.08. The molecule has 2 unspecified atom stereocenters. The van der Waals surface area contributed by atoms with Crippen LogP contribution in [0.5, 0.6) is 0 Å². The first-order valence-electron chi connectivity index (χ1n) is 6.32. The molecule has 0 heterocycles. The van der Waals surface area contributed by atoms with Crippen LogP contribution in [0.1, 0.15) is 24.1 Å². The molecular formula is C16H17Cl2N. The van der Waals surface area contributed by atoms with E-state index in [-0.39, 0.29) is 6.04 Å². The fraction of sp³-hybridized carbons (Fsp3) is 0.250. The van der Waals surface area contributed by atoms with Crippen LogP contribution in [-0.4, -0.2) is 0 Å². The molecule has 0 amide bonds. The Kier molecular flexibility index (Phi) is 4.87. The molecule has 0 spiro atoms. The summed E-state index contributed by atoms with van der Waals surface area (Å²) in [5.74, 6) is 0.290. The van der Waals surface area contributed by atoms with Gasteiger partial charge >= 0.3 is 0 Å². The zero-order valence-electron chi connectivity index (χ0n) is 10.8. The van der Waals surface area contributed by atoms with Crippen LogP contribution in [0.25, 0.3) is 0 Å². The van der Waals surface area contributed by atoms with E-state index in [1.54, 1.807) is 6.07 Å². The van der Waals surface area contributed by atoms with Crippen molar-refractivity contribution in [3.8, 4) is 0 Å². The zero-order valence-corrected chi connectivity index (χ0v) is 12.3. The largest absolute Gasteiger partial charge is 0.324 e. The molecule has 2 aromatic carbocycles. The lowest BCUT2D eigenvalue weighted by atomic mass is 9.90. The molecule has 19 heavy (non-hydrogen) atoms. The molecule has 0 aliphatic carbocycles. The molecular weight excluding hydrogens is 277 g/mol. The Labute approximate surface area is 124 Å². The van der Waals surface area contributed by atoms with Gasteiger partial charge in [0.15, 0.2) is 0 Å². The molecule has 2 N–H and O–H groups in total. The van der Waals surface area contributed by atoms with E-state index in [1.807, 2.05) is 30.3 Å². The van der Waals surface area contributed by atoms with Crippen molar-refractivity contribution >= 4 is 23.2 Å². The molecule has 100 valence electrons. The minimum atomic E-state index is -0.00347. The third-order valence-electron chi connectivity index (χ3n) is 3.35. The van der Waals surface area contributed by atoms with Crippen molar-refractivity contribution in [2.75, 3.05) is 0 Å². The van der Waals surface area contributed by atoms with E-state index in [0.717, 1.165) is 22.6 Å². The second kappa shape index (κ2) is 6.42. The highest BCUT2D eigenvalue weighted by molar-refractivity contribution is 6.33.